The minimum absolute atomic E-state index is 0. The quantitative estimate of drug-likeness (QED) is 0.773. The second-order valence-electron chi connectivity index (χ2n) is 4.98. The Morgan fingerprint density at radius 1 is 1.26 bits per heavy atom. The molecule has 3 rings (SSSR count). The number of fused-ring (bicyclic) bond motifs is 1. The average molecular weight is 335 g/mol. The Morgan fingerprint density at radius 3 is 2.61 bits per heavy atom. The maximum atomic E-state index is 13.2. The van der Waals surface area contributed by atoms with Gasteiger partial charge in [0.25, 0.3) is 5.91 Å². The second-order valence-corrected chi connectivity index (χ2v) is 4.98. The van der Waals surface area contributed by atoms with Crippen LogP contribution in [0.25, 0.3) is 11.0 Å². The number of aromatic nitrogens is 2. The number of hydrogen-bond acceptors (Lipinski definition) is 3. The van der Waals surface area contributed by atoms with Gasteiger partial charge in [-0.1, -0.05) is 12.1 Å². The Hall–Kier alpha value is -2.44. The maximum Gasteiger partial charge on any atom is 0.257 e. The molecule has 0 aliphatic heterocycles. The van der Waals surface area contributed by atoms with Crippen molar-refractivity contribution in [3.05, 3.63) is 59.4 Å². The molecule has 1 heterocycles. The Labute approximate surface area is 138 Å². The summed E-state index contributed by atoms with van der Waals surface area (Å²) in [6, 6.07) is 11.4. The molecule has 0 saturated heterocycles. The van der Waals surface area contributed by atoms with E-state index in [1.807, 2.05) is 0 Å². The predicted molar refractivity (Wildman–Crippen MR) is 90.2 cm³/mol. The highest BCUT2D eigenvalue weighted by Gasteiger charge is 2.12. The molecule has 1 aromatic heterocycles. The Kier molecular flexibility index (Phi) is 4.98. The number of hydrogen-bond donors (Lipinski definition) is 2. The summed E-state index contributed by atoms with van der Waals surface area (Å²) in [4.78, 5) is 16.5. The van der Waals surface area contributed by atoms with E-state index in [9.17, 15) is 9.18 Å². The van der Waals surface area contributed by atoms with Crippen molar-refractivity contribution in [2.75, 3.05) is 5.32 Å². The summed E-state index contributed by atoms with van der Waals surface area (Å²) in [5.74, 6) is -0.267. The molecular weight excluding hydrogens is 319 g/mol. The first-order valence-corrected chi connectivity index (χ1v) is 6.81. The van der Waals surface area contributed by atoms with Gasteiger partial charge in [-0.25, -0.2) is 9.37 Å². The topological polar surface area (TPSA) is 72.9 Å². The number of benzene rings is 2. The van der Waals surface area contributed by atoms with E-state index in [2.05, 4.69) is 10.3 Å². The van der Waals surface area contributed by atoms with Crippen LogP contribution in [0.3, 0.4) is 0 Å². The summed E-state index contributed by atoms with van der Waals surface area (Å²) < 4.78 is 14.9. The lowest BCUT2D eigenvalue weighted by Crippen LogP contribution is -2.15. The highest BCUT2D eigenvalue weighted by atomic mass is 35.5. The molecule has 0 saturated carbocycles. The van der Waals surface area contributed by atoms with E-state index < -0.39 is 0 Å². The Balaban J connectivity index is 0.00000192. The summed E-state index contributed by atoms with van der Waals surface area (Å²) in [5, 5.41) is 2.73. The van der Waals surface area contributed by atoms with Crippen LogP contribution in [0.4, 0.5) is 10.3 Å². The first-order chi connectivity index (χ1) is 10.6. The third-order valence-corrected chi connectivity index (χ3v) is 3.52. The number of nitrogens with two attached hydrogens (primary N) is 1. The van der Waals surface area contributed by atoms with Crippen molar-refractivity contribution in [1.82, 2.24) is 9.55 Å². The molecule has 23 heavy (non-hydrogen) atoms. The standard InChI is InChI=1S/C16H15FN4O.ClH/c1-21-14-7-6-12(17)8-13(14)19-16(21)20-15(22)11-4-2-10(9-18)3-5-11;/h2-8H,9,18H2,1H3,(H,19,20,22);1H. The van der Waals surface area contributed by atoms with Gasteiger partial charge in [0.1, 0.15) is 5.82 Å². The number of halogens is 2. The highest BCUT2D eigenvalue weighted by Crippen LogP contribution is 2.19. The van der Waals surface area contributed by atoms with Gasteiger partial charge in [0.2, 0.25) is 5.95 Å². The third kappa shape index (κ3) is 3.33. The van der Waals surface area contributed by atoms with Crippen molar-refractivity contribution in [1.29, 1.82) is 0 Å². The monoisotopic (exact) mass is 334 g/mol. The van der Waals surface area contributed by atoms with Gasteiger partial charge in [0.05, 0.1) is 11.0 Å². The first-order valence-electron chi connectivity index (χ1n) is 6.81. The summed E-state index contributed by atoms with van der Waals surface area (Å²) >= 11 is 0. The molecule has 0 unspecified atom stereocenters. The zero-order valence-electron chi connectivity index (χ0n) is 12.4. The maximum absolute atomic E-state index is 13.2. The van der Waals surface area contributed by atoms with Crippen LogP contribution in [0, 0.1) is 5.82 Å². The number of nitrogens with zero attached hydrogens (tertiary/aromatic N) is 2. The Bertz CT molecular complexity index is 845. The predicted octanol–water partition coefficient (Wildman–Crippen LogP) is 2.85. The molecule has 2 aromatic carbocycles. The van der Waals surface area contributed by atoms with Crippen molar-refractivity contribution in [3.63, 3.8) is 0 Å². The van der Waals surface area contributed by atoms with E-state index in [4.69, 9.17) is 5.73 Å². The van der Waals surface area contributed by atoms with Crippen molar-refractivity contribution >= 4 is 35.3 Å². The lowest BCUT2D eigenvalue weighted by atomic mass is 10.1. The van der Waals surface area contributed by atoms with Crippen LogP contribution in [0.5, 0.6) is 0 Å². The van der Waals surface area contributed by atoms with E-state index in [1.54, 1.807) is 41.9 Å². The fraction of sp³-hybridized carbons (Fsp3) is 0.125. The Morgan fingerprint density at radius 2 is 1.96 bits per heavy atom. The minimum atomic E-state index is -0.360. The fourth-order valence-corrected chi connectivity index (χ4v) is 2.25. The van der Waals surface area contributed by atoms with Gasteiger partial charge in [-0.05, 0) is 29.8 Å². The normalized spacial score (nSPS) is 10.4. The SMILES string of the molecule is Cl.Cn1c(NC(=O)c2ccc(CN)cc2)nc2cc(F)ccc21. The zero-order chi connectivity index (χ0) is 15.7. The van der Waals surface area contributed by atoms with Crippen molar-refractivity contribution in [3.8, 4) is 0 Å². The van der Waals surface area contributed by atoms with Gasteiger partial charge in [0.15, 0.2) is 0 Å². The number of carbonyl (C=O) groups excluding carboxylic acids is 1. The highest BCUT2D eigenvalue weighted by molar-refractivity contribution is 6.04. The van der Waals surface area contributed by atoms with E-state index in [1.165, 1.54) is 12.1 Å². The molecule has 0 radical (unpaired) electrons. The molecule has 0 aliphatic carbocycles. The van der Waals surface area contributed by atoms with Crippen LogP contribution < -0.4 is 11.1 Å². The van der Waals surface area contributed by atoms with E-state index in [0.29, 0.717) is 23.6 Å². The van der Waals surface area contributed by atoms with Crippen LogP contribution in [0.1, 0.15) is 15.9 Å². The number of amides is 1. The van der Waals surface area contributed by atoms with Gasteiger partial charge in [0, 0.05) is 25.2 Å². The van der Waals surface area contributed by atoms with Gasteiger partial charge in [-0.2, -0.15) is 0 Å². The van der Waals surface area contributed by atoms with Gasteiger partial charge < -0.3 is 10.3 Å². The fourth-order valence-electron chi connectivity index (χ4n) is 2.25. The molecule has 0 spiro atoms. The molecule has 120 valence electrons. The summed E-state index contributed by atoms with van der Waals surface area (Å²) in [6.45, 7) is 0.429. The average Bonchev–Trinajstić information content (AvgIpc) is 2.82. The third-order valence-electron chi connectivity index (χ3n) is 3.52. The lowest BCUT2D eigenvalue weighted by Gasteiger charge is -2.05. The molecule has 3 N–H and O–H groups in total. The molecule has 0 aliphatic rings. The summed E-state index contributed by atoms with van der Waals surface area (Å²) in [6.07, 6.45) is 0. The largest absolute Gasteiger partial charge is 0.326 e. The van der Waals surface area contributed by atoms with E-state index in [-0.39, 0.29) is 24.1 Å². The summed E-state index contributed by atoms with van der Waals surface area (Å²) in [5.41, 5.74) is 8.24. The molecule has 7 heteroatoms. The van der Waals surface area contributed by atoms with Gasteiger partial charge >= 0.3 is 0 Å². The molecule has 0 fully saturated rings. The van der Waals surface area contributed by atoms with Crippen molar-refractivity contribution < 1.29 is 9.18 Å². The number of nitrogens with one attached hydrogen (secondary N) is 1. The van der Waals surface area contributed by atoms with E-state index >= 15 is 0 Å². The van der Waals surface area contributed by atoms with Gasteiger partial charge in [-0.15, -0.1) is 12.4 Å². The van der Waals surface area contributed by atoms with Crippen molar-refractivity contribution in [2.24, 2.45) is 12.8 Å². The molecule has 1 amide bonds. The number of rotatable bonds is 3. The molecule has 0 atom stereocenters. The molecule has 3 aromatic rings. The number of aryl methyl sites for hydroxylation is 1. The molecule has 0 bridgehead atoms. The van der Waals surface area contributed by atoms with Gasteiger partial charge in [-0.3, -0.25) is 10.1 Å². The number of imidazole rings is 1. The lowest BCUT2D eigenvalue weighted by molar-refractivity contribution is 0.102. The minimum Gasteiger partial charge on any atom is -0.326 e. The first kappa shape index (κ1) is 16.9. The summed E-state index contributed by atoms with van der Waals surface area (Å²) in [7, 11) is 1.76. The van der Waals surface area contributed by atoms with Crippen LogP contribution in [-0.2, 0) is 13.6 Å². The van der Waals surface area contributed by atoms with Crippen LogP contribution >= 0.6 is 12.4 Å². The van der Waals surface area contributed by atoms with Crippen LogP contribution in [0.15, 0.2) is 42.5 Å². The molecule has 5 nitrogen and oxygen atoms in total. The smallest absolute Gasteiger partial charge is 0.257 e. The van der Waals surface area contributed by atoms with E-state index in [0.717, 1.165) is 11.1 Å². The number of anilines is 1. The molecular formula is C16H16ClFN4O. The van der Waals surface area contributed by atoms with Crippen LogP contribution in [-0.4, -0.2) is 15.5 Å². The second kappa shape index (κ2) is 6.76. The van der Waals surface area contributed by atoms with Crippen LogP contribution in [0.2, 0.25) is 0 Å². The zero-order valence-corrected chi connectivity index (χ0v) is 13.2. The van der Waals surface area contributed by atoms with Crippen molar-refractivity contribution in [2.45, 2.75) is 6.54 Å². The number of carbonyl (C=O) groups is 1.